The van der Waals surface area contributed by atoms with Crippen molar-refractivity contribution in [3.63, 3.8) is 0 Å². The van der Waals surface area contributed by atoms with Crippen LogP contribution in [-0.4, -0.2) is 55.6 Å². The van der Waals surface area contributed by atoms with Gasteiger partial charge in [0.15, 0.2) is 0 Å². The monoisotopic (exact) mass is 495 g/mol. The third kappa shape index (κ3) is 6.80. The predicted octanol–water partition coefficient (Wildman–Crippen LogP) is 3.64. The van der Waals surface area contributed by atoms with Gasteiger partial charge in [-0.25, -0.2) is 8.42 Å². The first kappa shape index (κ1) is 25.1. The van der Waals surface area contributed by atoms with E-state index >= 15 is 0 Å². The molecule has 2 amide bonds. The Morgan fingerprint density at radius 2 is 1.63 bits per heavy atom. The number of nitrogens with one attached hydrogen (secondary N) is 1. The van der Waals surface area contributed by atoms with Gasteiger partial charge in [0.1, 0.15) is 0 Å². The zero-order valence-electron chi connectivity index (χ0n) is 19.9. The molecule has 2 aromatic carbocycles. The molecule has 8 heteroatoms. The molecule has 0 bridgehead atoms. The third-order valence-corrected chi connectivity index (χ3v) is 8.27. The summed E-state index contributed by atoms with van der Waals surface area (Å²) < 4.78 is 26.7. The van der Waals surface area contributed by atoms with Gasteiger partial charge >= 0.3 is 0 Å². The van der Waals surface area contributed by atoms with Crippen molar-refractivity contribution >= 4 is 27.9 Å². The van der Waals surface area contributed by atoms with Crippen LogP contribution in [-0.2, 0) is 21.4 Å². The van der Waals surface area contributed by atoms with Crippen LogP contribution in [0.2, 0.25) is 0 Å². The lowest BCUT2D eigenvalue weighted by atomic mass is 9.97. The van der Waals surface area contributed by atoms with Crippen LogP contribution in [0.3, 0.4) is 0 Å². The van der Waals surface area contributed by atoms with Crippen molar-refractivity contribution in [3.05, 3.63) is 76.7 Å². The molecule has 0 aromatic heterocycles. The minimum Gasteiger partial charge on any atom is -0.352 e. The van der Waals surface area contributed by atoms with Crippen LogP contribution in [0, 0.1) is 5.92 Å². The Labute approximate surface area is 207 Å². The van der Waals surface area contributed by atoms with E-state index in [1.807, 2.05) is 59.5 Å². The third-order valence-electron chi connectivity index (χ3n) is 6.70. The van der Waals surface area contributed by atoms with Crippen molar-refractivity contribution in [3.8, 4) is 0 Å². The summed E-state index contributed by atoms with van der Waals surface area (Å²) in [5, 5.41) is 4.21. The SMILES string of the molecule is O=C(NCc1cccc(C(=O)N2CCCCC2)c1)C1CCN(S(=O)(=O)/C=C/c2ccccc2)CC1. The van der Waals surface area contributed by atoms with E-state index in [0.717, 1.165) is 37.1 Å². The van der Waals surface area contributed by atoms with E-state index in [-0.39, 0.29) is 17.7 Å². The molecular weight excluding hydrogens is 462 g/mol. The first-order valence-corrected chi connectivity index (χ1v) is 13.8. The Balaban J connectivity index is 1.26. The summed E-state index contributed by atoms with van der Waals surface area (Å²) >= 11 is 0. The number of sulfonamides is 1. The van der Waals surface area contributed by atoms with Crippen LogP contribution in [0.4, 0.5) is 0 Å². The quantitative estimate of drug-likeness (QED) is 0.635. The molecule has 35 heavy (non-hydrogen) atoms. The van der Waals surface area contributed by atoms with Gasteiger partial charge in [-0.3, -0.25) is 9.59 Å². The van der Waals surface area contributed by atoms with Gasteiger partial charge in [0.2, 0.25) is 15.9 Å². The van der Waals surface area contributed by atoms with Crippen LogP contribution in [0.25, 0.3) is 6.08 Å². The number of carbonyl (C=O) groups is 2. The molecule has 0 aliphatic carbocycles. The number of piperidine rings is 2. The van der Waals surface area contributed by atoms with Gasteiger partial charge in [-0.1, -0.05) is 42.5 Å². The van der Waals surface area contributed by atoms with Gasteiger partial charge in [0.25, 0.3) is 5.91 Å². The van der Waals surface area contributed by atoms with Crippen LogP contribution >= 0.6 is 0 Å². The summed E-state index contributed by atoms with van der Waals surface area (Å²) in [6.07, 6.45) is 5.83. The molecule has 0 radical (unpaired) electrons. The highest BCUT2D eigenvalue weighted by Gasteiger charge is 2.30. The normalized spacial score (nSPS) is 18.0. The molecule has 2 aromatic rings. The zero-order valence-corrected chi connectivity index (χ0v) is 20.8. The van der Waals surface area contributed by atoms with Crippen molar-refractivity contribution < 1.29 is 18.0 Å². The van der Waals surface area contributed by atoms with Crippen LogP contribution < -0.4 is 5.32 Å². The van der Waals surface area contributed by atoms with Crippen molar-refractivity contribution in [2.45, 2.75) is 38.6 Å². The molecular formula is C27H33N3O4S. The number of likely N-dealkylation sites (tertiary alicyclic amines) is 1. The summed E-state index contributed by atoms with van der Waals surface area (Å²) in [4.78, 5) is 27.4. The maximum Gasteiger partial charge on any atom is 0.253 e. The number of nitrogens with zero attached hydrogens (tertiary/aromatic N) is 2. The van der Waals surface area contributed by atoms with E-state index in [0.29, 0.717) is 38.0 Å². The molecule has 4 rings (SSSR count). The molecule has 0 spiro atoms. The summed E-state index contributed by atoms with van der Waals surface area (Å²) in [6, 6.07) is 16.7. The average molecular weight is 496 g/mol. The molecule has 0 unspecified atom stereocenters. The van der Waals surface area contributed by atoms with Crippen molar-refractivity contribution in [2.75, 3.05) is 26.2 Å². The lowest BCUT2D eigenvalue weighted by Gasteiger charge is -2.29. The lowest BCUT2D eigenvalue weighted by molar-refractivity contribution is -0.126. The molecule has 2 aliphatic rings. The number of benzene rings is 2. The Morgan fingerprint density at radius 1 is 0.914 bits per heavy atom. The van der Waals surface area contributed by atoms with Gasteiger partial charge in [-0.2, -0.15) is 4.31 Å². The molecule has 2 saturated heterocycles. The fraction of sp³-hybridized carbons (Fsp3) is 0.407. The highest BCUT2D eigenvalue weighted by atomic mass is 32.2. The van der Waals surface area contributed by atoms with Gasteiger partial charge in [-0.15, -0.1) is 0 Å². The molecule has 2 fully saturated rings. The minimum absolute atomic E-state index is 0.0489. The maximum atomic E-state index is 12.8. The van der Waals surface area contributed by atoms with Crippen molar-refractivity contribution in [1.82, 2.24) is 14.5 Å². The number of hydrogen-bond acceptors (Lipinski definition) is 4. The van der Waals surface area contributed by atoms with Crippen molar-refractivity contribution in [2.24, 2.45) is 5.92 Å². The van der Waals surface area contributed by atoms with E-state index < -0.39 is 10.0 Å². The Morgan fingerprint density at radius 3 is 2.34 bits per heavy atom. The standard InChI is InChI=1S/C27H33N3O4S/c31-26(28-21-23-10-7-11-25(20-23)27(32)29-15-5-2-6-16-29)24-12-17-30(18-13-24)35(33,34)19-14-22-8-3-1-4-9-22/h1,3-4,7-11,14,19-20,24H,2,5-6,12-13,15-18,21H2,(H,28,31)/b19-14+. The van der Waals surface area contributed by atoms with Crippen LogP contribution in [0.15, 0.2) is 60.0 Å². The second-order valence-corrected chi connectivity index (χ2v) is 11.0. The summed E-state index contributed by atoms with van der Waals surface area (Å²) in [6.45, 7) is 2.59. The average Bonchev–Trinajstić information content (AvgIpc) is 2.91. The molecule has 186 valence electrons. The van der Waals surface area contributed by atoms with Gasteiger partial charge in [0.05, 0.1) is 0 Å². The lowest BCUT2D eigenvalue weighted by Crippen LogP contribution is -2.42. The molecule has 0 saturated carbocycles. The number of rotatable bonds is 7. The smallest absolute Gasteiger partial charge is 0.253 e. The van der Waals surface area contributed by atoms with Crippen LogP contribution in [0.1, 0.15) is 53.6 Å². The summed E-state index contributed by atoms with van der Waals surface area (Å²) in [5.74, 6) is -0.250. The Bertz CT molecular complexity index is 1150. The summed E-state index contributed by atoms with van der Waals surface area (Å²) in [7, 11) is -3.52. The Kier molecular flexibility index (Phi) is 8.36. The van der Waals surface area contributed by atoms with Gasteiger partial charge in [-0.05, 0) is 61.4 Å². The number of carbonyl (C=O) groups excluding carboxylic acids is 2. The van der Waals surface area contributed by atoms with Gasteiger partial charge < -0.3 is 10.2 Å². The highest BCUT2D eigenvalue weighted by molar-refractivity contribution is 7.92. The highest BCUT2D eigenvalue weighted by Crippen LogP contribution is 2.21. The fourth-order valence-corrected chi connectivity index (χ4v) is 5.84. The largest absolute Gasteiger partial charge is 0.352 e. The number of hydrogen-bond donors (Lipinski definition) is 1. The number of amides is 2. The van der Waals surface area contributed by atoms with E-state index in [1.54, 1.807) is 6.08 Å². The molecule has 2 aliphatic heterocycles. The van der Waals surface area contributed by atoms with Gasteiger partial charge in [0, 0.05) is 49.6 Å². The predicted molar refractivity (Wildman–Crippen MR) is 137 cm³/mol. The van der Waals surface area contributed by atoms with E-state index in [1.165, 1.54) is 16.1 Å². The molecule has 1 N–H and O–H groups in total. The van der Waals surface area contributed by atoms with E-state index in [2.05, 4.69) is 5.32 Å². The van der Waals surface area contributed by atoms with Crippen LogP contribution in [0.5, 0.6) is 0 Å². The molecule has 0 atom stereocenters. The van der Waals surface area contributed by atoms with Crippen molar-refractivity contribution in [1.29, 1.82) is 0 Å². The first-order valence-electron chi connectivity index (χ1n) is 12.3. The Hall–Kier alpha value is -2.97. The fourth-order valence-electron chi connectivity index (χ4n) is 4.61. The zero-order chi connectivity index (χ0) is 24.7. The van der Waals surface area contributed by atoms with E-state index in [9.17, 15) is 18.0 Å². The molecule has 7 nitrogen and oxygen atoms in total. The summed E-state index contributed by atoms with van der Waals surface area (Å²) in [5.41, 5.74) is 2.36. The second kappa shape index (κ2) is 11.6. The first-order chi connectivity index (χ1) is 16.9. The molecule has 2 heterocycles. The topological polar surface area (TPSA) is 86.8 Å². The second-order valence-electron chi connectivity index (χ2n) is 9.20. The minimum atomic E-state index is -3.52. The maximum absolute atomic E-state index is 12.8. The van der Waals surface area contributed by atoms with E-state index in [4.69, 9.17) is 0 Å².